The van der Waals surface area contributed by atoms with Crippen LogP contribution in [0.1, 0.15) is 38.8 Å². The van der Waals surface area contributed by atoms with Crippen LogP contribution in [-0.4, -0.2) is 4.98 Å². The summed E-state index contributed by atoms with van der Waals surface area (Å²) in [6.07, 6.45) is 16.8. The first-order chi connectivity index (χ1) is 11.3. The number of aromatic nitrogens is 1. The van der Waals surface area contributed by atoms with Crippen molar-refractivity contribution in [2.45, 2.75) is 33.1 Å². The van der Waals surface area contributed by atoms with Crippen LogP contribution < -0.4 is 0 Å². The molecule has 1 aromatic carbocycles. The molecule has 1 aliphatic carbocycles. The monoisotopic (exact) mass is 303 g/mol. The summed E-state index contributed by atoms with van der Waals surface area (Å²) in [4.78, 5) is 4.76. The Morgan fingerprint density at radius 3 is 2.96 bits per heavy atom. The van der Waals surface area contributed by atoms with E-state index in [1.807, 2.05) is 6.20 Å². The second-order valence-electron chi connectivity index (χ2n) is 6.25. The highest BCUT2D eigenvalue weighted by atomic mass is 14.7. The molecule has 0 saturated heterocycles. The van der Waals surface area contributed by atoms with Gasteiger partial charge < -0.3 is 0 Å². The van der Waals surface area contributed by atoms with Gasteiger partial charge in [0, 0.05) is 11.6 Å². The molecule has 0 fully saturated rings. The van der Waals surface area contributed by atoms with Crippen LogP contribution in [0.15, 0.2) is 66.9 Å². The van der Waals surface area contributed by atoms with Crippen molar-refractivity contribution >= 4 is 16.3 Å². The van der Waals surface area contributed by atoms with Gasteiger partial charge in [-0.1, -0.05) is 68.0 Å². The van der Waals surface area contributed by atoms with E-state index in [-0.39, 0.29) is 0 Å². The Labute approximate surface area is 139 Å². The molecule has 0 N–H and O–H groups in total. The third-order valence-electron chi connectivity index (χ3n) is 4.73. The minimum Gasteiger partial charge on any atom is -0.256 e. The lowest BCUT2D eigenvalue weighted by atomic mass is 9.76. The average Bonchev–Trinajstić information content (AvgIpc) is 2.61. The lowest BCUT2D eigenvalue weighted by Gasteiger charge is -2.28. The third-order valence-corrected chi connectivity index (χ3v) is 4.73. The van der Waals surface area contributed by atoms with Crippen molar-refractivity contribution in [3.63, 3.8) is 0 Å². The van der Waals surface area contributed by atoms with E-state index in [1.165, 1.54) is 29.2 Å². The smallest absolute Gasteiger partial charge is 0.0743 e. The Bertz CT molecular complexity index is 746. The van der Waals surface area contributed by atoms with Gasteiger partial charge >= 0.3 is 0 Å². The normalized spacial score (nSPS) is 19.2. The molecule has 2 atom stereocenters. The molecule has 0 bridgehead atoms. The van der Waals surface area contributed by atoms with Crippen molar-refractivity contribution in [2.75, 3.05) is 0 Å². The maximum absolute atomic E-state index is 4.76. The summed E-state index contributed by atoms with van der Waals surface area (Å²) in [7, 11) is 0. The van der Waals surface area contributed by atoms with Gasteiger partial charge in [-0.3, -0.25) is 4.98 Å². The molecule has 118 valence electrons. The van der Waals surface area contributed by atoms with E-state index in [0.717, 1.165) is 12.1 Å². The van der Waals surface area contributed by atoms with E-state index >= 15 is 0 Å². The highest BCUT2D eigenvalue weighted by Crippen LogP contribution is 2.39. The summed E-state index contributed by atoms with van der Waals surface area (Å²) in [6.45, 7) is 4.40. The summed E-state index contributed by atoms with van der Waals surface area (Å²) >= 11 is 0. The molecular formula is C22H25N. The van der Waals surface area contributed by atoms with Gasteiger partial charge in [0.2, 0.25) is 0 Å². The number of benzene rings is 1. The van der Waals surface area contributed by atoms with Crippen molar-refractivity contribution in [2.24, 2.45) is 11.8 Å². The number of fused-ring (bicyclic) bond motifs is 1. The first-order valence-electron chi connectivity index (χ1n) is 8.68. The van der Waals surface area contributed by atoms with Gasteiger partial charge in [0.25, 0.3) is 0 Å². The third kappa shape index (κ3) is 3.29. The van der Waals surface area contributed by atoms with E-state index in [9.17, 15) is 0 Å². The molecule has 1 nitrogen and oxygen atoms in total. The molecule has 23 heavy (non-hydrogen) atoms. The fourth-order valence-corrected chi connectivity index (χ4v) is 3.67. The highest BCUT2D eigenvalue weighted by molar-refractivity contribution is 5.92. The van der Waals surface area contributed by atoms with Gasteiger partial charge in [-0.25, -0.2) is 0 Å². The molecule has 1 aromatic heterocycles. The SMILES string of the molecule is CC=CC(CCC)C1CC=CC=C1c1nccc2ccccc12. The summed E-state index contributed by atoms with van der Waals surface area (Å²) in [5.74, 6) is 1.11. The molecule has 0 radical (unpaired) electrons. The van der Waals surface area contributed by atoms with Crippen LogP contribution in [0.25, 0.3) is 16.3 Å². The maximum atomic E-state index is 4.76. The van der Waals surface area contributed by atoms with E-state index in [0.29, 0.717) is 11.8 Å². The molecule has 1 heteroatoms. The van der Waals surface area contributed by atoms with Gasteiger partial charge in [-0.2, -0.15) is 0 Å². The van der Waals surface area contributed by atoms with Crippen LogP contribution in [0.2, 0.25) is 0 Å². The lowest BCUT2D eigenvalue weighted by molar-refractivity contribution is 0.452. The molecule has 2 unspecified atom stereocenters. The van der Waals surface area contributed by atoms with Crippen molar-refractivity contribution in [1.82, 2.24) is 4.98 Å². The average molecular weight is 303 g/mol. The van der Waals surface area contributed by atoms with Gasteiger partial charge in [-0.15, -0.1) is 0 Å². The predicted octanol–water partition coefficient (Wildman–Crippen LogP) is 6.19. The zero-order valence-electron chi connectivity index (χ0n) is 14.1. The standard InChI is InChI=1S/C22H25N/c1-3-9-17(10-4-2)19-12-7-8-14-21(19)22-20-13-6-5-11-18(20)15-16-23-22/h3,5-9,11,13-17,19H,4,10,12H2,1-2H3. The Morgan fingerprint density at radius 2 is 2.13 bits per heavy atom. The second kappa shape index (κ2) is 7.41. The summed E-state index contributed by atoms with van der Waals surface area (Å²) in [5, 5.41) is 2.53. The molecule has 0 aliphatic heterocycles. The number of rotatable bonds is 5. The first kappa shape index (κ1) is 15.7. The minimum atomic E-state index is 0.523. The number of hydrogen-bond acceptors (Lipinski definition) is 1. The quantitative estimate of drug-likeness (QED) is 0.600. The van der Waals surface area contributed by atoms with Gasteiger partial charge in [-0.05, 0) is 48.6 Å². The number of allylic oxidation sites excluding steroid dienone is 6. The van der Waals surface area contributed by atoms with E-state index in [2.05, 4.69) is 74.6 Å². The summed E-state index contributed by atoms with van der Waals surface area (Å²) in [5.41, 5.74) is 2.55. The van der Waals surface area contributed by atoms with Crippen molar-refractivity contribution in [3.8, 4) is 0 Å². The van der Waals surface area contributed by atoms with Crippen molar-refractivity contribution in [3.05, 3.63) is 72.6 Å². The van der Waals surface area contributed by atoms with Crippen LogP contribution in [0.5, 0.6) is 0 Å². The zero-order valence-corrected chi connectivity index (χ0v) is 14.1. The largest absolute Gasteiger partial charge is 0.256 e. The van der Waals surface area contributed by atoms with Crippen LogP contribution in [0.3, 0.4) is 0 Å². The lowest BCUT2D eigenvalue weighted by Crippen LogP contribution is -2.16. The molecule has 3 rings (SSSR count). The van der Waals surface area contributed by atoms with E-state index in [4.69, 9.17) is 4.98 Å². The number of nitrogens with zero attached hydrogens (tertiary/aromatic N) is 1. The maximum Gasteiger partial charge on any atom is 0.0743 e. The molecule has 2 aromatic rings. The topological polar surface area (TPSA) is 12.9 Å². The Kier molecular flexibility index (Phi) is 5.07. The van der Waals surface area contributed by atoms with Crippen LogP contribution in [0.4, 0.5) is 0 Å². The second-order valence-corrected chi connectivity index (χ2v) is 6.25. The molecular weight excluding hydrogens is 278 g/mol. The number of pyridine rings is 1. The van der Waals surface area contributed by atoms with Gasteiger partial charge in [0.1, 0.15) is 0 Å². The fraction of sp³-hybridized carbons (Fsp3) is 0.318. The first-order valence-corrected chi connectivity index (χ1v) is 8.68. The van der Waals surface area contributed by atoms with Crippen LogP contribution in [-0.2, 0) is 0 Å². The molecule has 0 saturated carbocycles. The zero-order chi connectivity index (χ0) is 16.1. The van der Waals surface area contributed by atoms with Crippen LogP contribution >= 0.6 is 0 Å². The number of hydrogen-bond donors (Lipinski definition) is 0. The van der Waals surface area contributed by atoms with Gasteiger partial charge in [0.05, 0.1) is 5.69 Å². The molecule has 1 heterocycles. The summed E-state index contributed by atoms with van der Waals surface area (Å²) < 4.78 is 0. The van der Waals surface area contributed by atoms with E-state index in [1.54, 1.807) is 0 Å². The van der Waals surface area contributed by atoms with Crippen molar-refractivity contribution in [1.29, 1.82) is 0 Å². The van der Waals surface area contributed by atoms with Crippen LogP contribution in [0, 0.1) is 11.8 Å². The van der Waals surface area contributed by atoms with Crippen molar-refractivity contribution < 1.29 is 0 Å². The molecule has 0 amide bonds. The fourth-order valence-electron chi connectivity index (χ4n) is 3.67. The Balaban J connectivity index is 2.07. The Morgan fingerprint density at radius 1 is 1.26 bits per heavy atom. The highest BCUT2D eigenvalue weighted by Gasteiger charge is 2.25. The summed E-state index contributed by atoms with van der Waals surface area (Å²) in [6, 6.07) is 10.7. The molecule has 1 aliphatic rings. The van der Waals surface area contributed by atoms with Gasteiger partial charge in [0.15, 0.2) is 0 Å². The Hall–Kier alpha value is -2.15. The van der Waals surface area contributed by atoms with E-state index < -0.39 is 0 Å². The predicted molar refractivity (Wildman–Crippen MR) is 100 cm³/mol. The molecule has 0 spiro atoms. The minimum absolute atomic E-state index is 0.523.